The fourth-order valence-electron chi connectivity index (χ4n) is 3.72. The molecule has 1 fully saturated rings. The maximum Gasteiger partial charge on any atom is 0.309 e. The number of piperidine rings is 1. The fraction of sp³-hybridized carbons (Fsp3) is 0.333. The van der Waals surface area contributed by atoms with Crippen LogP contribution in [0, 0.1) is 5.92 Å². The van der Waals surface area contributed by atoms with Crippen LogP contribution in [0.5, 0.6) is 0 Å². The minimum atomic E-state index is -3.64. The zero-order chi connectivity index (χ0) is 20.6. The molecule has 29 heavy (non-hydrogen) atoms. The Morgan fingerprint density at radius 3 is 2.48 bits per heavy atom. The first-order valence-corrected chi connectivity index (χ1v) is 11.3. The zero-order valence-corrected chi connectivity index (χ0v) is 17.5. The van der Waals surface area contributed by atoms with Crippen molar-refractivity contribution < 1.29 is 17.9 Å². The van der Waals surface area contributed by atoms with E-state index in [1.165, 1.54) is 0 Å². The molecule has 0 amide bonds. The van der Waals surface area contributed by atoms with Crippen molar-refractivity contribution >= 4 is 33.4 Å². The molecule has 152 valence electrons. The van der Waals surface area contributed by atoms with Gasteiger partial charge in [0.15, 0.2) is 5.84 Å². The third kappa shape index (κ3) is 4.02. The van der Waals surface area contributed by atoms with Gasteiger partial charge in [-0.05, 0) is 49.6 Å². The third-order valence-corrected chi connectivity index (χ3v) is 6.95. The number of nitrogens with zero attached hydrogens (tertiary/aromatic N) is 2. The molecule has 2 aromatic rings. The Bertz CT molecular complexity index is 1060. The van der Waals surface area contributed by atoms with Gasteiger partial charge in [0, 0.05) is 23.7 Å². The maximum absolute atomic E-state index is 12.6. The van der Waals surface area contributed by atoms with E-state index in [9.17, 15) is 13.2 Å². The molecule has 1 atom stereocenters. The quantitative estimate of drug-likeness (QED) is 0.689. The van der Waals surface area contributed by atoms with Gasteiger partial charge in [-0.25, -0.2) is 0 Å². The average Bonchev–Trinajstić information content (AvgIpc) is 3.00. The van der Waals surface area contributed by atoms with Gasteiger partial charge in [-0.3, -0.25) is 4.79 Å². The molecule has 6 nitrogen and oxygen atoms in total. The summed E-state index contributed by atoms with van der Waals surface area (Å²) in [6.07, 6.45) is 0.829. The Balaban J connectivity index is 1.39. The van der Waals surface area contributed by atoms with Crippen LogP contribution in [0.25, 0.3) is 0 Å². The number of sulfonamides is 1. The Kier molecular flexibility index (Phi) is 5.36. The summed E-state index contributed by atoms with van der Waals surface area (Å²) < 4.78 is 34.1. The first kappa shape index (κ1) is 19.9. The molecule has 0 aliphatic carbocycles. The Hall–Kier alpha value is -2.38. The number of fused-ring (bicyclic) bond motifs is 1. The summed E-state index contributed by atoms with van der Waals surface area (Å²) in [7, 11) is -3.64. The number of hydrogen-bond acceptors (Lipinski definition) is 5. The molecular weight excluding hydrogens is 412 g/mol. The lowest BCUT2D eigenvalue weighted by Gasteiger charge is -2.32. The van der Waals surface area contributed by atoms with E-state index in [1.807, 2.05) is 24.0 Å². The van der Waals surface area contributed by atoms with E-state index >= 15 is 0 Å². The van der Waals surface area contributed by atoms with Gasteiger partial charge in [0.25, 0.3) is 10.0 Å². The van der Waals surface area contributed by atoms with Crippen molar-refractivity contribution in [3.8, 4) is 0 Å². The number of carbonyl (C=O) groups is 1. The molecule has 2 aliphatic rings. The van der Waals surface area contributed by atoms with E-state index in [1.54, 1.807) is 36.4 Å². The van der Waals surface area contributed by atoms with Crippen molar-refractivity contribution in [2.45, 2.75) is 30.8 Å². The van der Waals surface area contributed by atoms with Crippen LogP contribution in [-0.2, 0) is 19.6 Å². The Morgan fingerprint density at radius 1 is 1.14 bits per heavy atom. The molecule has 0 bridgehead atoms. The number of likely N-dealkylation sites (tertiary alicyclic amines) is 1. The van der Waals surface area contributed by atoms with Crippen LogP contribution in [0.2, 0.25) is 5.02 Å². The van der Waals surface area contributed by atoms with Gasteiger partial charge < -0.3 is 9.64 Å². The zero-order valence-electron chi connectivity index (χ0n) is 15.9. The van der Waals surface area contributed by atoms with Crippen LogP contribution in [-0.4, -0.2) is 38.2 Å². The number of rotatable bonds is 3. The topological polar surface area (TPSA) is 76.0 Å². The van der Waals surface area contributed by atoms with Crippen LogP contribution in [0.1, 0.15) is 37.0 Å². The van der Waals surface area contributed by atoms with Crippen molar-refractivity contribution in [2.75, 3.05) is 13.1 Å². The molecular formula is C21H21ClN2O4S. The average molecular weight is 433 g/mol. The second kappa shape index (κ2) is 7.80. The van der Waals surface area contributed by atoms with Crippen LogP contribution >= 0.6 is 11.6 Å². The van der Waals surface area contributed by atoms with Gasteiger partial charge in [0.1, 0.15) is 11.0 Å². The predicted octanol–water partition coefficient (Wildman–Crippen LogP) is 3.81. The summed E-state index contributed by atoms with van der Waals surface area (Å²) in [5, 5.41) is 0.637. The lowest BCUT2D eigenvalue weighted by Crippen LogP contribution is -2.40. The number of benzene rings is 2. The van der Waals surface area contributed by atoms with Crippen LogP contribution in [0.4, 0.5) is 0 Å². The summed E-state index contributed by atoms with van der Waals surface area (Å²) >= 11 is 5.90. The van der Waals surface area contributed by atoms with E-state index < -0.39 is 10.0 Å². The van der Waals surface area contributed by atoms with Crippen LogP contribution < -0.4 is 0 Å². The first-order valence-electron chi connectivity index (χ1n) is 9.50. The smallest absolute Gasteiger partial charge is 0.309 e. The van der Waals surface area contributed by atoms with Crippen molar-refractivity contribution in [1.82, 2.24) is 4.90 Å². The van der Waals surface area contributed by atoms with Gasteiger partial charge in [-0.2, -0.15) is 8.42 Å². The molecule has 1 unspecified atom stereocenters. The van der Waals surface area contributed by atoms with Crippen molar-refractivity contribution in [2.24, 2.45) is 10.3 Å². The molecule has 0 spiro atoms. The van der Waals surface area contributed by atoms with Crippen molar-refractivity contribution in [1.29, 1.82) is 0 Å². The van der Waals surface area contributed by atoms with E-state index in [0.29, 0.717) is 42.4 Å². The van der Waals surface area contributed by atoms with Crippen LogP contribution in [0.15, 0.2) is 57.8 Å². The summed E-state index contributed by atoms with van der Waals surface area (Å²) in [5.74, 6) is 0.0327. The highest BCUT2D eigenvalue weighted by Crippen LogP contribution is 2.30. The van der Waals surface area contributed by atoms with E-state index in [2.05, 4.69) is 4.40 Å². The SMILES string of the molecule is CC(OC(=O)C1CCN(C2=NS(=O)(=O)c3ccccc32)CC1)c1ccc(Cl)cc1. The molecule has 0 N–H and O–H groups in total. The second-order valence-electron chi connectivity index (χ2n) is 7.28. The number of hydrogen-bond donors (Lipinski definition) is 0. The molecule has 2 aliphatic heterocycles. The molecule has 8 heteroatoms. The number of carbonyl (C=O) groups excluding carboxylic acids is 1. The van der Waals surface area contributed by atoms with Crippen LogP contribution in [0.3, 0.4) is 0 Å². The predicted molar refractivity (Wildman–Crippen MR) is 110 cm³/mol. The van der Waals surface area contributed by atoms with Gasteiger partial charge in [-0.1, -0.05) is 35.9 Å². The summed E-state index contributed by atoms with van der Waals surface area (Å²) in [6.45, 7) is 2.95. The molecule has 1 saturated heterocycles. The van der Waals surface area contributed by atoms with E-state index in [0.717, 1.165) is 5.56 Å². The normalized spacial score (nSPS) is 19.4. The molecule has 2 heterocycles. The standard InChI is InChI=1S/C21H21ClN2O4S/c1-14(15-6-8-17(22)9-7-15)28-21(25)16-10-12-24(13-11-16)20-18-4-2-3-5-19(18)29(26,27)23-20/h2-9,14,16H,10-13H2,1H3. The monoisotopic (exact) mass is 432 g/mol. The molecule has 4 rings (SSSR count). The highest BCUT2D eigenvalue weighted by molar-refractivity contribution is 7.90. The largest absolute Gasteiger partial charge is 0.458 e. The fourth-order valence-corrected chi connectivity index (χ4v) is 5.07. The second-order valence-corrected chi connectivity index (χ2v) is 9.29. The lowest BCUT2D eigenvalue weighted by molar-refractivity contribution is -0.155. The van der Waals surface area contributed by atoms with Crippen molar-refractivity contribution in [3.63, 3.8) is 0 Å². The first-order chi connectivity index (χ1) is 13.8. The number of amidine groups is 1. The Labute approximate surface area is 175 Å². The van der Waals surface area contributed by atoms with Gasteiger partial charge in [-0.15, -0.1) is 4.40 Å². The molecule has 2 aromatic carbocycles. The maximum atomic E-state index is 12.6. The number of halogens is 1. The summed E-state index contributed by atoms with van der Waals surface area (Å²) in [4.78, 5) is 14.8. The highest BCUT2D eigenvalue weighted by atomic mass is 35.5. The third-order valence-electron chi connectivity index (χ3n) is 5.37. The lowest BCUT2D eigenvalue weighted by atomic mass is 9.96. The molecule has 0 aromatic heterocycles. The number of ether oxygens (including phenoxy) is 1. The minimum absolute atomic E-state index is 0.213. The van der Waals surface area contributed by atoms with E-state index in [-0.39, 0.29) is 22.9 Å². The van der Waals surface area contributed by atoms with Gasteiger partial charge in [0.2, 0.25) is 0 Å². The summed E-state index contributed by atoms with van der Waals surface area (Å²) in [6, 6.07) is 14.1. The van der Waals surface area contributed by atoms with Gasteiger partial charge in [0.05, 0.1) is 5.92 Å². The minimum Gasteiger partial charge on any atom is -0.458 e. The van der Waals surface area contributed by atoms with Gasteiger partial charge >= 0.3 is 5.97 Å². The van der Waals surface area contributed by atoms with Crippen molar-refractivity contribution in [3.05, 3.63) is 64.7 Å². The summed E-state index contributed by atoms with van der Waals surface area (Å²) in [5.41, 5.74) is 1.52. The Morgan fingerprint density at radius 2 is 1.79 bits per heavy atom. The van der Waals surface area contributed by atoms with E-state index in [4.69, 9.17) is 16.3 Å². The molecule has 0 saturated carbocycles. The molecule has 0 radical (unpaired) electrons. The highest BCUT2D eigenvalue weighted by Gasteiger charge is 2.35. The number of esters is 1.